The number of carbonyl (C=O) groups is 1. The van der Waals surface area contributed by atoms with Gasteiger partial charge in [-0.05, 0) is 31.5 Å². The maximum atomic E-state index is 12.9. The number of nitrogens with zero attached hydrogens (tertiary/aromatic N) is 2. The fraction of sp³-hybridized carbons (Fsp3) is 0.267. The normalized spacial score (nSPS) is 13.7. The van der Waals surface area contributed by atoms with E-state index in [-0.39, 0.29) is 11.4 Å². The summed E-state index contributed by atoms with van der Waals surface area (Å²) in [6.07, 6.45) is -1.63. The van der Waals surface area contributed by atoms with E-state index in [4.69, 9.17) is 0 Å². The third kappa shape index (κ3) is 3.97. The lowest BCUT2D eigenvalue weighted by atomic mass is 10.0. The van der Waals surface area contributed by atoms with E-state index in [1.54, 1.807) is 19.9 Å². The minimum Gasteiger partial charge on any atom is -0.338 e. The summed E-state index contributed by atoms with van der Waals surface area (Å²) in [6.45, 7) is 3.31. The van der Waals surface area contributed by atoms with Crippen molar-refractivity contribution in [2.24, 2.45) is 0 Å². The fourth-order valence-electron chi connectivity index (χ4n) is 1.93. The van der Waals surface area contributed by atoms with Crippen LogP contribution in [-0.4, -0.2) is 21.1 Å². The molecular formula is C15H15F3N4O. The second-order valence-electron chi connectivity index (χ2n) is 4.87. The van der Waals surface area contributed by atoms with Gasteiger partial charge in [-0.15, -0.1) is 0 Å². The van der Waals surface area contributed by atoms with E-state index in [1.165, 1.54) is 18.5 Å². The highest BCUT2D eigenvalue weighted by atomic mass is 19.4. The minimum absolute atomic E-state index is 0.251. The van der Waals surface area contributed by atoms with Gasteiger partial charge in [0, 0.05) is 5.57 Å². The molecule has 2 rings (SSSR count). The summed E-state index contributed by atoms with van der Waals surface area (Å²) in [5, 5.41) is 8.92. The molecule has 0 aliphatic carbocycles. The van der Waals surface area contributed by atoms with Crippen molar-refractivity contribution in [3.05, 3.63) is 59.2 Å². The maximum Gasteiger partial charge on any atom is 0.416 e. The molecule has 8 heteroatoms. The average Bonchev–Trinajstić information content (AvgIpc) is 3.05. The molecular weight excluding hydrogens is 309 g/mol. The van der Waals surface area contributed by atoms with Crippen LogP contribution in [0, 0.1) is 0 Å². The van der Waals surface area contributed by atoms with Gasteiger partial charge in [-0.1, -0.05) is 18.2 Å². The number of alkyl halides is 3. The molecule has 0 saturated carbocycles. The van der Waals surface area contributed by atoms with Crippen LogP contribution in [0.3, 0.4) is 0 Å². The summed E-state index contributed by atoms with van der Waals surface area (Å²) in [6, 6.07) is 3.88. The highest BCUT2D eigenvalue weighted by Crippen LogP contribution is 2.31. The first-order valence-electron chi connectivity index (χ1n) is 6.79. The van der Waals surface area contributed by atoms with Crippen LogP contribution in [-0.2, 0) is 11.0 Å². The van der Waals surface area contributed by atoms with Gasteiger partial charge in [0.1, 0.15) is 12.4 Å². The Morgan fingerprint density at radius 1 is 1.39 bits per heavy atom. The standard InChI is InChI=1S/C15H15F3N4O/c1-3-9(2)14(23)21-12(13-19-8-20-22-13)10-5-4-6-11(7-10)15(16,17)18/h3-8,12H,1-2H3,(H,21,23)(H,19,20,22)/b9-3-/t12-/m1/s1. The first-order chi connectivity index (χ1) is 10.8. The molecule has 2 N–H and O–H groups in total. The lowest BCUT2D eigenvalue weighted by molar-refractivity contribution is -0.137. The predicted molar refractivity (Wildman–Crippen MR) is 77.2 cm³/mol. The lowest BCUT2D eigenvalue weighted by Crippen LogP contribution is -2.30. The van der Waals surface area contributed by atoms with Crippen LogP contribution in [0.15, 0.2) is 42.2 Å². The van der Waals surface area contributed by atoms with E-state index in [0.29, 0.717) is 5.57 Å². The Morgan fingerprint density at radius 3 is 2.70 bits per heavy atom. The number of carbonyl (C=O) groups excluding carboxylic acids is 1. The number of aromatic amines is 1. The van der Waals surface area contributed by atoms with Crippen molar-refractivity contribution < 1.29 is 18.0 Å². The zero-order valence-corrected chi connectivity index (χ0v) is 12.5. The molecule has 0 unspecified atom stereocenters. The number of aromatic nitrogens is 3. The van der Waals surface area contributed by atoms with Crippen LogP contribution in [0.1, 0.15) is 36.8 Å². The number of halogens is 3. The summed E-state index contributed by atoms with van der Waals surface area (Å²) < 4.78 is 38.7. The second-order valence-corrected chi connectivity index (χ2v) is 4.87. The second kappa shape index (κ2) is 6.64. The quantitative estimate of drug-likeness (QED) is 0.849. The third-order valence-corrected chi connectivity index (χ3v) is 3.32. The van der Waals surface area contributed by atoms with E-state index in [2.05, 4.69) is 20.5 Å². The first kappa shape index (κ1) is 16.7. The number of H-pyrrole nitrogens is 1. The van der Waals surface area contributed by atoms with E-state index in [9.17, 15) is 18.0 Å². The smallest absolute Gasteiger partial charge is 0.338 e. The average molecular weight is 324 g/mol. The van der Waals surface area contributed by atoms with Gasteiger partial charge in [0.05, 0.1) is 5.56 Å². The number of allylic oxidation sites excluding steroid dienone is 1. The van der Waals surface area contributed by atoms with Gasteiger partial charge in [0.15, 0.2) is 5.82 Å². The monoisotopic (exact) mass is 324 g/mol. The summed E-state index contributed by atoms with van der Waals surface area (Å²) in [5.74, 6) is -0.145. The van der Waals surface area contributed by atoms with Crippen molar-refractivity contribution in [2.75, 3.05) is 0 Å². The number of benzene rings is 1. The number of hydrogen-bond acceptors (Lipinski definition) is 3. The number of nitrogens with one attached hydrogen (secondary N) is 2. The van der Waals surface area contributed by atoms with Crippen LogP contribution in [0.4, 0.5) is 13.2 Å². The van der Waals surface area contributed by atoms with Crippen molar-refractivity contribution in [3.63, 3.8) is 0 Å². The molecule has 0 aliphatic rings. The van der Waals surface area contributed by atoms with Gasteiger partial charge in [-0.3, -0.25) is 9.89 Å². The molecule has 0 bridgehead atoms. The Hall–Kier alpha value is -2.64. The highest BCUT2D eigenvalue weighted by molar-refractivity contribution is 5.93. The Kier molecular flexibility index (Phi) is 4.83. The van der Waals surface area contributed by atoms with Gasteiger partial charge in [0.2, 0.25) is 5.91 Å². The first-order valence-corrected chi connectivity index (χ1v) is 6.79. The van der Waals surface area contributed by atoms with Crippen LogP contribution in [0.25, 0.3) is 0 Å². The van der Waals surface area contributed by atoms with Gasteiger partial charge < -0.3 is 5.32 Å². The van der Waals surface area contributed by atoms with E-state index in [0.717, 1.165) is 12.1 Å². The van der Waals surface area contributed by atoms with Crippen molar-refractivity contribution >= 4 is 5.91 Å². The Bertz CT molecular complexity index is 708. The third-order valence-electron chi connectivity index (χ3n) is 3.32. The molecule has 0 saturated heterocycles. The molecule has 2 aromatic rings. The van der Waals surface area contributed by atoms with Gasteiger partial charge >= 0.3 is 6.18 Å². The Balaban J connectivity index is 2.41. The summed E-state index contributed by atoms with van der Waals surface area (Å²) in [5.41, 5.74) is -0.0909. The number of amides is 1. The SMILES string of the molecule is C/C=C(/C)C(=O)N[C@H](c1cccc(C(F)(F)F)c1)c1ncn[nH]1. The zero-order valence-electron chi connectivity index (χ0n) is 12.5. The van der Waals surface area contributed by atoms with Crippen molar-refractivity contribution in [3.8, 4) is 0 Å². The topological polar surface area (TPSA) is 70.7 Å². The molecule has 5 nitrogen and oxygen atoms in total. The number of rotatable bonds is 4. The largest absolute Gasteiger partial charge is 0.416 e. The molecule has 0 radical (unpaired) electrons. The summed E-state index contributed by atoms with van der Waals surface area (Å²) >= 11 is 0. The molecule has 0 aliphatic heterocycles. The molecule has 0 spiro atoms. The van der Waals surface area contributed by atoms with Crippen LogP contribution < -0.4 is 5.32 Å². The molecule has 1 amide bonds. The predicted octanol–water partition coefficient (Wildman–Crippen LogP) is 3.00. The van der Waals surface area contributed by atoms with Gasteiger partial charge in [-0.2, -0.15) is 18.3 Å². The Morgan fingerprint density at radius 2 is 2.13 bits per heavy atom. The van der Waals surface area contributed by atoms with Crippen molar-refractivity contribution in [2.45, 2.75) is 26.1 Å². The highest BCUT2D eigenvalue weighted by Gasteiger charge is 2.31. The summed E-state index contributed by atoms with van der Waals surface area (Å²) in [4.78, 5) is 16.0. The van der Waals surface area contributed by atoms with Crippen LogP contribution >= 0.6 is 0 Å². The molecule has 23 heavy (non-hydrogen) atoms. The van der Waals surface area contributed by atoms with E-state index < -0.39 is 23.7 Å². The molecule has 1 heterocycles. The van der Waals surface area contributed by atoms with Crippen molar-refractivity contribution in [1.29, 1.82) is 0 Å². The molecule has 1 aromatic carbocycles. The van der Waals surface area contributed by atoms with E-state index >= 15 is 0 Å². The zero-order chi connectivity index (χ0) is 17.0. The van der Waals surface area contributed by atoms with Crippen molar-refractivity contribution in [1.82, 2.24) is 20.5 Å². The van der Waals surface area contributed by atoms with Crippen LogP contribution in [0.5, 0.6) is 0 Å². The Labute approximate surface area is 130 Å². The maximum absolute atomic E-state index is 12.9. The molecule has 122 valence electrons. The lowest BCUT2D eigenvalue weighted by Gasteiger charge is -2.18. The van der Waals surface area contributed by atoms with E-state index in [1.807, 2.05) is 0 Å². The van der Waals surface area contributed by atoms with Gasteiger partial charge in [0.25, 0.3) is 0 Å². The molecule has 1 aromatic heterocycles. The number of hydrogen-bond donors (Lipinski definition) is 2. The fourth-order valence-corrected chi connectivity index (χ4v) is 1.93. The van der Waals surface area contributed by atoms with Crippen LogP contribution in [0.2, 0.25) is 0 Å². The molecule has 1 atom stereocenters. The minimum atomic E-state index is -4.47. The van der Waals surface area contributed by atoms with Gasteiger partial charge in [-0.25, -0.2) is 4.98 Å². The molecule has 0 fully saturated rings. The summed E-state index contributed by atoms with van der Waals surface area (Å²) in [7, 11) is 0.